The quantitative estimate of drug-likeness (QED) is 0.642. The van der Waals surface area contributed by atoms with E-state index in [1.165, 1.54) is 0 Å². The van der Waals surface area contributed by atoms with E-state index in [1.807, 2.05) is 0 Å². The summed E-state index contributed by atoms with van der Waals surface area (Å²) < 4.78 is 23.7. The summed E-state index contributed by atoms with van der Waals surface area (Å²) >= 11 is 5.39. The molecule has 0 aromatic heterocycles. The standard InChI is InChI=1S/C6H12ClNO3S/c7-3-1-6-12(9,10)8-4-2-5-11-8/h1-6H2. The lowest BCUT2D eigenvalue weighted by molar-refractivity contribution is -0.0284. The van der Waals surface area contributed by atoms with Crippen LogP contribution in [-0.2, 0) is 14.9 Å². The minimum absolute atomic E-state index is 0.0799. The molecule has 4 nitrogen and oxygen atoms in total. The van der Waals surface area contributed by atoms with Gasteiger partial charge in [-0.15, -0.1) is 11.6 Å². The van der Waals surface area contributed by atoms with Crippen LogP contribution in [0.3, 0.4) is 0 Å². The van der Waals surface area contributed by atoms with Gasteiger partial charge in [0.15, 0.2) is 0 Å². The molecule has 0 saturated carbocycles. The Hall–Kier alpha value is 0.160. The maximum absolute atomic E-state index is 11.3. The van der Waals surface area contributed by atoms with Gasteiger partial charge in [-0.2, -0.15) is 0 Å². The Balaban J connectivity index is 2.46. The van der Waals surface area contributed by atoms with Gasteiger partial charge in [0.05, 0.1) is 12.4 Å². The first kappa shape index (κ1) is 10.2. The molecule has 1 fully saturated rings. The molecule has 0 N–H and O–H groups in total. The highest BCUT2D eigenvalue weighted by atomic mass is 35.5. The molecule has 72 valence electrons. The summed E-state index contributed by atoms with van der Waals surface area (Å²) in [5, 5.41) is 0. The number of nitrogens with zero attached hydrogens (tertiary/aromatic N) is 1. The van der Waals surface area contributed by atoms with Gasteiger partial charge in [-0.25, -0.2) is 8.42 Å². The Morgan fingerprint density at radius 3 is 2.75 bits per heavy atom. The maximum atomic E-state index is 11.3. The van der Waals surface area contributed by atoms with E-state index in [9.17, 15) is 8.42 Å². The van der Waals surface area contributed by atoms with Crippen molar-refractivity contribution < 1.29 is 13.3 Å². The van der Waals surface area contributed by atoms with Gasteiger partial charge in [0.25, 0.3) is 0 Å². The number of halogens is 1. The van der Waals surface area contributed by atoms with Crippen molar-refractivity contribution >= 4 is 21.6 Å². The van der Waals surface area contributed by atoms with Gasteiger partial charge >= 0.3 is 0 Å². The number of hydrogen-bond donors (Lipinski definition) is 0. The smallest absolute Gasteiger partial charge is 0.236 e. The zero-order chi connectivity index (χ0) is 9.03. The molecular formula is C6H12ClNO3S. The summed E-state index contributed by atoms with van der Waals surface area (Å²) in [7, 11) is -3.20. The van der Waals surface area contributed by atoms with E-state index in [0.29, 0.717) is 25.5 Å². The highest BCUT2D eigenvalue weighted by Gasteiger charge is 2.25. The number of rotatable bonds is 4. The summed E-state index contributed by atoms with van der Waals surface area (Å²) in [6.45, 7) is 0.977. The van der Waals surface area contributed by atoms with Crippen molar-refractivity contribution in [3.8, 4) is 0 Å². The number of alkyl halides is 1. The first-order valence-corrected chi connectivity index (χ1v) is 6.00. The highest BCUT2D eigenvalue weighted by Crippen LogP contribution is 2.11. The predicted octanol–water partition coefficient (Wildman–Crippen LogP) is 0.582. The van der Waals surface area contributed by atoms with Gasteiger partial charge in [-0.1, -0.05) is 4.47 Å². The normalized spacial score (nSPS) is 20.1. The van der Waals surface area contributed by atoms with E-state index < -0.39 is 10.0 Å². The first-order valence-electron chi connectivity index (χ1n) is 3.86. The second kappa shape index (κ2) is 4.41. The van der Waals surface area contributed by atoms with Crippen molar-refractivity contribution in [3.05, 3.63) is 0 Å². The lowest BCUT2D eigenvalue weighted by atomic mass is 10.5. The van der Waals surface area contributed by atoms with E-state index in [-0.39, 0.29) is 5.75 Å². The molecule has 0 radical (unpaired) electrons. The van der Waals surface area contributed by atoms with Crippen LogP contribution in [0.15, 0.2) is 0 Å². The van der Waals surface area contributed by atoms with Crippen molar-refractivity contribution in [1.82, 2.24) is 4.47 Å². The summed E-state index contributed by atoms with van der Waals surface area (Å²) in [5.74, 6) is 0.448. The first-order chi connectivity index (χ1) is 5.67. The van der Waals surface area contributed by atoms with Gasteiger partial charge in [-0.05, 0) is 12.8 Å². The van der Waals surface area contributed by atoms with Crippen molar-refractivity contribution in [2.75, 3.05) is 24.8 Å². The Morgan fingerprint density at radius 1 is 1.50 bits per heavy atom. The van der Waals surface area contributed by atoms with Crippen molar-refractivity contribution in [3.63, 3.8) is 0 Å². The van der Waals surface area contributed by atoms with Crippen LogP contribution in [0.2, 0.25) is 0 Å². The van der Waals surface area contributed by atoms with Crippen LogP contribution in [0, 0.1) is 0 Å². The minimum atomic E-state index is -3.20. The highest BCUT2D eigenvalue weighted by molar-refractivity contribution is 7.88. The molecule has 0 atom stereocenters. The summed E-state index contributed by atoms with van der Waals surface area (Å²) in [6, 6.07) is 0. The monoisotopic (exact) mass is 213 g/mol. The number of hydroxylamine groups is 1. The van der Waals surface area contributed by atoms with Gasteiger partial charge in [0.1, 0.15) is 0 Å². The van der Waals surface area contributed by atoms with Crippen LogP contribution >= 0.6 is 11.6 Å². The SMILES string of the molecule is O=S(=O)(CCCCl)N1CCCO1. The fraction of sp³-hybridized carbons (Fsp3) is 1.00. The molecule has 1 aliphatic rings. The molecule has 1 rings (SSSR count). The van der Waals surface area contributed by atoms with Crippen LogP contribution in [-0.4, -0.2) is 37.7 Å². The Bertz CT molecular complexity index is 223. The fourth-order valence-electron chi connectivity index (χ4n) is 0.983. The molecule has 0 aliphatic carbocycles. The van der Waals surface area contributed by atoms with E-state index in [1.54, 1.807) is 0 Å². The molecule has 1 aliphatic heterocycles. The number of sulfonamides is 1. The maximum Gasteiger partial charge on any atom is 0.236 e. The van der Waals surface area contributed by atoms with E-state index in [2.05, 4.69) is 0 Å². The summed E-state index contributed by atoms with van der Waals surface area (Å²) in [6.07, 6.45) is 1.25. The van der Waals surface area contributed by atoms with Gasteiger partial charge < -0.3 is 0 Å². The van der Waals surface area contributed by atoms with Gasteiger partial charge in [0.2, 0.25) is 10.0 Å². The fourth-order valence-corrected chi connectivity index (χ4v) is 2.63. The second-order valence-corrected chi connectivity index (χ2v) is 4.93. The van der Waals surface area contributed by atoms with Crippen LogP contribution in [0.4, 0.5) is 0 Å². The van der Waals surface area contributed by atoms with Crippen LogP contribution in [0.5, 0.6) is 0 Å². The third-order valence-electron chi connectivity index (χ3n) is 1.57. The van der Waals surface area contributed by atoms with Crippen LogP contribution in [0.1, 0.15) is 12.8 Å². The molecule has 0 unspecified atom stereocenters. The molecule has 1 saturated heterocycles. The topological polar surface area (TPSA) is 46.6 Å². The molecule has 12 heavy (non-hydrogen) atoms. The lowest BCUT2D eigenvalue weighted by Crippen LogP contribution is -2.29. The van der Waals surface area contributed by atoms with E-state index in [0.717, 1.165) is 10.9 Å². The van der Waals surface area contributed by atoms with Gasteiger partial charge in [0, 0.05) is 12.4 Å². The molecule has 0 aromatic carbocycles. The summed E-state index contributed by atoms with van der Waals surface area (Å²) in [5.41, 5.74) is 0. The van der Waals surface area contributed by atoms with Crippen molar-refractivity contribution in [2.24, 2.45) is 0 Å². The van der Waals surface area contributed by atoms with E-state index >= 15 is 0 Å². The molecule has 1 heterocycles. The molecule has 0 bridgehead atoms. The Labute approximate surface area is 77.4 Å². The third-order valence-corrected chi connectivity index (χ3v) is 3.55. The minimum Gasteiger partial charge on any atom is -0.284 e. The lowest BCUT2D eigenvalue weighted by Gasteiger charge is -2.12. The Kier molecular flexibility index (Phi) is 3.77. The van der Waals surface area contributed by atoms with Crippen molar-refractivity contribution in [1.29, 1.82) is 0 Å². The average Bonchev–Trinajstić information content (AvgIpc) is 2.53. The summed E-state index contributed by atoms with van der Waals surface area (Å²) in [4.78, 5) is 4.92. The second-order valence-electron chi connectivity index (χ2n) is 2.57. The third kappa shape index (κ3) is 2.58. The zero-order valence-electron chi connectivity index (χ0n) is 6.70. The van der Waals surface area contributed by atoms with Crippen LogP contribution in [0.25, 0.3) is 0 Å². The van der Waals surface area contributed by atoms with Gasteiger partial charge in [-0.3, -0.25) is 4.84 Å². The zero-order valence-corrected chi connectivity index (χ0v) is 8.27. The molecular weight excluding hydrogens is 202 g/mol. The largest absolute Gasteiger partial charge is 0.284 e. The average molecular weight is 214 g/mol. The van der Waals surface area contributed by atoms with E-state index in [4.69, 9.17) is 16.4 Å². The molecule has 0 aromatic rings. The van der Waals surface area contributed by atoms with Crippen molar-refractivity contribution in [2.45, 2.75) is 12.8 Å². The molecule has 6 heteroatoms. The molecule has 0 amide bonds. The number of hydrogen-bond acceptors (Lipinski definition) is 3. The predicted molar refractivity (Wildman–Crippen MR) is 46.4 cm³/mol. The van der Waals surface area contributed by atoms with Crippen LogP contribution < -0.4 is 0 Å². The molecule has 0 spiro atoms. The Morgan fingerprint density at radius 2 is 2.25 bits per heavy atom.